The van der Waals surface area contributed by atoms with E-state index in [4.69, 9.17) is 5.11 Å². The Kier molecular flexibility index (Phi) is 3.93. The van der Waals surface area contributed by atoms with Crippen LogP contribution in [0.2, 0.25) is 0 Å². The largest absolute Gasteiger partial charge is 0.478 e. The molecule has 0 atom stereocenters. The molecule has 1 aromatic carbocycles. The zero-order valence-electron chi connectivity index (χ0n) is 12.4. The van der Waals surface area contributed by atoms with Crippen molar-refractivity contribution in [2.75, 3.05) is 6.54 Å². The van der Waals surface area contributed by atoms with Crippen LogP contribution in [0, 0.1) is 0 Å². The van der Waals surface area contributed by atoms with Crippen LogP contribution in [-0.4, -0.2) is 32.4 Å². The maximum absolute atomic E-state index is 10.8. The lowest BCUT2D eigenvalue weighted by Gasteiger charge is -2.16. The van der Waals surface area contributed by atoms with E-state index in [1.54, 1.807) is 10.9 Å². The highest BCUT2D eigenvalue weighted by Crippen LogP contribution is 2.11. The molecule has 2 aromatic rings. The van der Waals surface area contributed by atoms with Gasteiger partial charge in [0.2, 0.25) is 0 Å². The summed E-state index contributed by atoms with van der Waals surface area (Å²) in [5.41, 5.74) is 7.07. The van der Waals surface area contributed by atoms with E-state index in [1.165, 1.54) is 17.3 Å². The van der Waals surface area contributed by atoms with Crippen molar-refractivity contribution in [2.45, 2.75) is 20.0 Å². The summed E-state index contributed by atoms with van der Waals surface area (Å²) in [5.74, 6) is -0.955. The Balaban J connectivity index is 1.60. The van der Waals surface area contributed by atoms with E-state index in [9.17, 15) is 4.79 Å². The molecule has 22 heavy (non-hydrogen) atoms. The summed E-state index contributed by atoms with van der Waals surface area (Å²) in [5, 5.41) is 15.1. The Bertz CT molecular complexity index is 703. The lowest BCUT2D eigenvalue weighted by molar-refractivity contribution is 0.0697. The van der Waals surface area contributed by atoms with Gasteiger partial charge in [-0.25, -0.2) is 9.80 Å². The van der Waals surface area contributed by atoms with Gasteiger partial charge in [-0.05, 0) is 23.6 Å². The predicted octanol–water partition coefficient (Wildman–Crippen LogP) is 1.85. The molecule has 6 nitrogen and oxygen atoms in total. The van der Waals surface area contributed by atoms with Crippen LogP contribution in [0.1, 0.15) is 28.4 Å². The fourth-order valence-corrected chi connectivity index (χ4v) is 2.41. The van der Waals surface area contributed by atoms with Crippen LogP contribution >= 0.6 is 0 Å². The summed E-state index contributed by atoms with van der Waals surface area (Å²) in [6.07, 6.45) is 4.93. The van der Waals surface area contributed by atoms with Gasteiger partial charge in [-0.15, -0.1) is 0 Å². The van der Waals surface area contributed by atoms with Crippen LogP contribution < -0.4 is 5.43 Å². The normalized spacial score (nSPS) is 14.7. The summed E-state index contributed by atoms with van der Waals surface area (Å²) < 4.78 is 1.63. The summed E-state index contributed by atoms with van der Waals surface area (Å²) >= 11 is 0. The van der Waals surface area contributed by atoms with Gasteiger partial charge in [-0.3, -0.25) is 4.68 Å². The van der Waals surface area contributed by atoms with Crippen molar-refractivity contribution in [3.05, 3.63) is 65.1 Å². The van der Waals surface area contributed by atoms with Crippen LogP contribution in [0.5, 0.6) is 0 Å². The van der Waals surface area contributed by atoms with Gasteiger partial charge < -0.3 is 10.5 Å². The fraction of sp³-hybridized carbons (Fsp3) is 0.250. The Morgan fingerprint density at radius 2 is 1.95 bits per heavy atom. The number of carbonyl (C=O) groups is 1. The average Bonchev–Trinajstić information content (AvgIpc) is 3.10. The van der Waals surface area contributed by atoms with Crippen molar-refractivity contribution in [3.63, 3.8) is 0 Å². The summed E-state index contributed by atoms with van der Waals surface area (Å²) in [7, 11) is 0. The van der Waals surface area contributed by atoms with Crippen LogP contribution in [0.25, 0.3) is 0 Å². The minimum absolute atomic E-state index is 0.208. The van der Waals surface area contributed by atoms with Gasteiger partial charge in [0.1, 0.15) is 0 Å². The topological polar surface area (TPSA) is 70.4 Å². The zero-order chi connectivity index (χ0) is 15.5. The van der Waals surface area contributed by atoms with Gasteiger partial charge in [-0.1, -0.05) is 24.3 Å². The summed E-state index contributed by atoms with van der Waals surface area (Å²) in [6, 6.07) is 8.28. The lowest BCUT2D eigenvalue weighted by atomic mass is 10.1. The van der Waals surface area contributed by atoms with E-state index in [-0.39, 0.29) is 5.56 Å². The zero-order valence-corrected chi connectivity index (χ0v) is 12.4. The molecule has 0 amide bonds. The Morgan fingerprint density at radius 1 is 1.27 bits per heavy atom. The SMILES string of the molecule is CC1=CNN(Cc2ccc(Cn3cc(C(=O)O)cn3)cc2)C1. The number of nitrogens with zero attached hydrogens (tertiary/aromatic N) is 3. The van der Waals surface area contributed by atoms with Crippen LogP contribution in [0.15, 0.2) is 48.4 Å². The third-order valence-corrected chi connectivity index (χ3v) is 3.55. The second-order valence-electron chi connectivity index (χ2n) is 5.52. The smallest absolute Gasteiger partial charge is 0.338 e. The van der Waals surface area contributed by atoms with E-state index in [2.05, 4.69) is 34.6 Å². The fourth-order valence-electron chi connectivity index (χ4n) is 2.41. The summed E-state index contributed by atoms with van der Waals surface area (Å²) in [4.78, 5) is 10.8. The highest BCUT2D eigenvalue weighted by atomic mass is 16.4. The lowest BCUT2D eigenvalue weighted by Crippen LogP contribution is -2.29. The van der Waals surface area contributed by atoms with Crippen LogP contribution in [-0.2, 0) is 13.1 Å². The van der Waals surface area contributed by atoms with E-state index in [0.717, 1.165) is 18.7 Å². The number of carboxylic acid groups (broad SMARTS) is 1. The van der Waals surface area contributed by atoms with Gasteiger partial charge in [0.25, 0.3) is 0 Å². The number of aromatic carboxylic acids is 1. The molecule has 3 rings (SSSR count). The molecular formula is C16H18N4O2. The van der Waals surface area contributed by atoms with Crippen molar-refractivity contribution >= 4 is 5.97 Å². The van der Waals surface area contributed by atoms with Crippen molar-refractivity contribution in [2.24, 2.45) is 0 Å². The number of hydrazine groups is 1. The number of benzene rings is 1. The molecule has 0 fully saturated rings. The number of hydrogen-bond donors (Lipinski definition) is 2. The monoisotopic (exact) mass is 298 g/mol. The number of carboxylic acids is 1. The predicted molar refractivity (Wildman–Crippen MR) is 82.0 cm³/mol. The Labute approximate surface area is 128 Å². The van der Waals surface area contributed by atoms with Gasteiger partial charge in [-0.2, -0.15) is 5.10 Å². The molecule has 0 saturated carbocycles. The molecule has 1 aliphatic heterocycles. The molecule has 0 spiro atoms. The molecule has 0 aliphatic carbocycles. The minimum Gasteiger partial charge on any atom is -0.478 e. The first-order chi connectivity index (χ1) is 10.6. The third-order valence-electron chi connectivity index (χ3n) is 3.55. The second-order valence-corrected chi connectivity index (χ2v) is 5.52. The Hall–Kier alpha value is -2.60. The highest BCUT2D eigenvalue weighted by molar-refractivity contribution is 5.86. The molecule has 0 radical (unpaired) electrons. The first-order valence-electron chi connectivity index (χ1n) is 7.10. The standard InChI is InChI=1S/C16H18N4O2/c1-12-6-17-19(8-12)9-13-2-4-14(5-3-13)10-20-11-15(7-18-20)16(21)22/h2-7,11,17H,8-10H2,1H3,(H,21,22). The Morgan fingerprint density at radius 3 is 2.50 bits per heavy atom. The van der Waals surface area contributed by atoms with E-state index < -0.39 is 5.97 Å². The quantitative estimate of drug-likeness (QED) is 0.881. The van der Waals surface area contributed by atoms with Crippen molar-refractivity contribution in [1.82, 2.24) is 20.2 Å². The van der Waals surface area contributed by atoms with Gasteiger partial charge in [0.05, 0.1) is 18.3 Å². The first kappa shape index (κ1) is 14.3. The molecule has 0 bridgehead atoms. The first-order valence-corrected chi connectivity index (χ1v) is 7.10. The number of rotatable bonds is 5. The molecule has 2 heterocycles. The van der Waals surface area contributed by atoms with Gasteiger partial charge >= 0.3 is 5.97 Å². The van der Waals surface area contributed by atoms with Crippen LogP contribution in [0.4, 0.5) is 0 Å². The van der Waals surface area contributed by atoms with E-state index >= 15 is 0 Å². The van der Waals surface area contributed by atoms with Crippen molar-refractivity contribution in [1.29, 1.82) is 0 Å². The highest BCUT2D eigenvalue weighted by Gasteiger charge is 2.10. The second kappa shape index (κ2) is 6.03. The molecule has 1 aromatic heterocycles. The van der Waals surface area contributed by atoms with Gasteiger partial charge in [0, 0.05) is 25.5 Å². The maximum atomic E-state index is 10.8. The van der Waals surface area contributed by atoms with Crippen molar-refractivity contribution in [3.8, 4) is 0 Å². The third kappa shape index (κ3) is 3.35. The number of nitrogens with one attached hydrogen (secondary N) is 1. The van der Waals surface area contributed by atoms with Gasteiger partial charge in [0.15, 0.2) is 0 Å². The molecule has 2 N–H and O–H groups in total. The minimum atomic E-state index is -0.955. The average molecular weight is 298 g/mol. The summed E-state index contributed by atoms with van der Waals surface area (Å²) in [6.45, 7) is 4.45. The molecule has 0 unspecified atom stereocenters. The van der Waals surface area contributed by atoms with E-state index in [0.29, 0.717) is 6.54 Å². The molecule has 1 aliphatic rings. The maximum Gasteiger partial charge on any atom is 0.338 e. The number of hydrogen-bond acceptors (Lipinski definition) is 4. The molecule has 114 valence electrons. The number of aromatic nitrogens is 2. The van der Waals surface area contributed by atoms with E-state index in [1.807, 2.05) is 18.3 Å². The van der Waals surface area contributed by atoms with Crippen molar-refractivity contribution < 1.29 is 9.90 Å². The molecule has 6 heteroatoms. The molecule has 0 saturated heterocycles. The molecular weight excluding hydrogens is 280 g/mol. The van der Waals surface area contributed by atoms with Crippen LogP contribution in [0.3, 0.4) is 0 Å².